The number of nitrogens with one attached hydrogen (secondary N) is 1. The summed E-state index contributed by atoms with van der Waals surface area (Å²) in [6, 6.07) is 13.4. The summed E-state index contributed by atoms with van der Waals surface area (Å²) in [5.41, 5.74) is 2.97. The average Bonchev–Trinajstić information content (AvgIpc) is 2.98. The van der Waals surface area contributed by atoms with Crippen LogP contribution in [-0.2, 0) is 9.53 Å². The van der Waals surface area contributed by atoms with Crippen LogP contribution in [-0.4, -0.2) is 21.6 Å². The van der Waals surface area contributed by atoms with Crippen molar-refractivity contribution in [3.8, 4) is 0 Å². The van der Waals surface area contributed by atoms with Crippen molar-refractivity contribution < 1.29 is 13.9 Å². The van der Waals surface area contributed by atoms with Crippen molar-refractivity contribution >= 4 is 23.0 Å². The molecule has 3 aromatic rings. The van der Waals surface area contributed by atoms with Crippen LogP contribution in [0.4, 0.5) is 10.3 Å². The van der Waals surface area contributed by atoms with Gasteiger partial charge in [-0.25, -0.2) is 14.2 Å². The molecule has 1 atom stereocenters. The molecule has 0 aliphatic carbocycles. The third-order valence-electron chi connectivity index (χ3n) is 4.59. The molecule has 0 amide bonds. The van der Waals surface area contributed by atoms with E-state index < -0.39 is 12.0 Å². The number of para-hydroxylation sites is 2. The molecule has 27 heavy (non-hydrogen) atoms. The highest BCUT2D eigenvalue weighted by Gasteiger charge is 2.36. The van der Waals surface area contributed by atoms with E-state index in [1.807, 2.05) is 28.8 Å². The lowest BCUT2D eigenvalue weighted by molar-refractivity contribution is -0.143. The van der Waals surface area contributed by atoms with Crippen molar-refractivity contribution in [2.24, 2.45) is 0 Å². The van der Waals surface area contributed by atoms with E-state index in [2.05, 4.69) is 10.3 Å². The van der Waals surface area contributed by atoms with Crippen LogP contribution in [0.25, 0.3) is 11.0 Å². The summed E-state index contributed by atoms with van der Waals surface area (Å²) in [7, 11) is 0. The van der Waals surface area contributed by atoms with Gasteiger partial charge in [0.2, 0.25) is 5.95 Å². The second-order valence-electron chi connectivity index (χ2n) is 6.84. The maximum Gasteiger partial charge on any atom is 0.338 e. The predicted molar refractivity (Wildman–Crippen MR) is 102 cm³/mol. The Balaban J connectivity index is 1.99. The van der Waals surface area contributed by atoms with Gasteiger partial charge in [-0.1, -0.05) is 30.3 Å². The molecule has 0 fully saturated rings. The first kappa shape index (κ1) is 17.3. The molecule has 1 aliphatic heterocycles. The molecular weight excluding hydrogens is 345 g/mol. The second-order valence-corrected chi connectivity index (χ2v) is 6.84. The quantitative estimate of drug-likeness (QED) is 0.698. The van der Waals surface area contributed by atoms with Gasteiger partial charge in [0.1, 0.15) is 5.82 Å². The van der Waals surface area contributed by atoms with Crippen molar-refractivity contribution in [3.05, 3.63) is 71.2 Å². The summed E-state index contributed by atoms with van der Waals surface area (Å²) in [5, 5.41) is 3.18. The highest BCUT2D eigenvalue weighted by molar-refractivity contribution is 5.94. The molecule has 0 saturated heterocycles. The summed E-state index contributed by atoms with van der Waals surface area (Å²) >= 11 is 0. The Morgan fingerprint density at radius 2 is 1.89 bits per heavy atom. The van der Waals surface area contributed by atoms with Gasteiger partial charge in [0.05, 0.1) is 28.8 Å². The zero-order valence-electron chi connectivity index (χ0n) is 15.4. The molecule has 0 unspecified atom stereocenters. The van der Waals surface area contributed by atoms with Crippen molar-refractivity contribution in [1.29, 1.82) is 0 Å². The number of benzene rings is 2. The number of carbonyl (C=O) groups is 1. The van der Waals surface area contributed by atoms with Gasteiger partial charge in [-0.05, 0) is 39.0 Å². The van der Waals surface area contributed by atoms with Gasteiger partial charge < -0.3 is 10.1 Å². The topological polar surface area (TPSA) is 56.2 Å². The maximum atomic E-state index is 14.8. The number of fused-ring (bicyclic) bond motifs is 3. The molecule has 5 nitrogen and oxygen atoms in total. The minimum atomic E-state index is -0.666. The van der Waals surface area contributed by atoms with E-state index in [9.17, 15) is 9.18 Å². The van der Waals surface area contributed by atoms with Crippen LogP contribution in [0.2, 0.25) is 0 Å². The van der Waals surface area contributed by atoms with E-state index in [1.54, 1.807) is 39.0 Å². The van der Waals surface area contributed by atoms with E-state index in [-0.39, 0.29) is 11.9 Å². The van der Waals surface area contributed by atoms with Crippen LogP contribution in [0, 0.1) is 5.82 Å². The monoisotopic (exact) mass is 365 g/mol. The summed E-state index contributed by atoms with van der Waals surface area (Å²) in [5.74, 6) is -0.273. The van der Waals surface area contributed by atoms with Crippen LogP contribution < -0.4 is 5.32 Å². The number of hydrogen-bond acceptors (Lipinski definition) is 4. The number of imidazole rings is 1. The molecule has 0 radical (unpaired) electrons. The van der Waals surface area contributed by atoms with Gasteiger partial charge in [-0.2, -0.15) is 0 Å². The van der Waals surface area contributed by atoms with Gasteiger partial charge in [0, 0.05) is 11.3 Å². The summed E-state index contributed by atoms with van der Waals surface area (Å²) in [6.45, 7) is 5.37. The minimum absolute atomic E-state index is 0.278. The Labute approximate surface area is 156 Å². The SMILES string of the molecule is CC1=C(C(=O)OC(C)C)[C@@H](c2ccccc2F)n2c(nc3ccccc32)N1. The van der Waals surface area contributed by atoms with Gasteiger partial charge in [-0.15, -0.1) is 0 Å². The molecule has 1 N–H and O–H groups in total. The third-order valence-corrected chi connectivity index (χ3v) is 4.59. The molecule has 0 spiro atoms. The lowest BCUT2D eigenvalue weighted by Gasteiger charge is -2.30. The number of esters is 1. The van der Waals surface area contributed by atoms with Crippen molar-refractivity contribution in [2.45, 2.75) is 32.9 Å². The van der Waals surface area contributed by atoms with E-state index in [1.165, 1.54) is 6.07 Å². The highest BCUT2D eigenvalue weighted by Crippen LogP contribution is 2.40. The largest absolute Gasteiger partial charge is 0.459 e. The Kier molecular flexibility index (Phi) is 4.18. The number of carbonyl (C=O) groups excluding carboxylic acids is 1. The Morgan fingerprint density at radius 1 is 1.19 bits per heavy atom. The molecule has 2 heterocycles. The van der Waals surface area contributed by atoms with E-state index in [4.69, 9.17) is 4.74 Å². The lowest BCUT2D eigenvalue weighted by atomic mass is 9.94. The Hall–Kier alpha value is -3.15. The third kappa shape index (κ3) is 2.87. The van der Waals surface area contributed by atoms with E-state index in [0.29, 0.717) is 22.8 Å². The molecule has 0 bridgehead atoms. The van der Waals surface area contributed by atoms with E-state index >= 15 is 0 Å². The Morgan fingerprint density at radius 3 is 2.63 bits per heavy atom. The maximum absolute atomic E-state index is 14.8. The van der Waals surface area contributed by atoms with Crippen LogP contribution in [0.5, 0.6) is 0 Å². The van der Waals surface area contributed by atoms with Crippen molar-refractivity contribution in [1.82, 2.24) is 9.55 Å². The summed E-state index contributed by atoms with van der Waals surface area (Å²) in [4.78, 5) is 17.5. The molecule has 1 aliphatic rings. The van der Waals surface area contributed by atoms with Crippen molar-refractivity contribution in [2.75, 3.05) is 5.32 Å². The lowest BCUT2D eigenvalue weighted by Crippen LogP contribution is -2.30. The number of hydrogen-bond donors (Lipinski definition) is 1. The normalized spacial score (nSPS) is 16.4. The first-order chi connectivity index (χ1) is 13.0. The number of nitrogens with zero attached hydrogens (tertiary/aromatic N) is 2. The predicted octanol–water partition coefficient (Wildman–Crippen LogP) is 4.42. The van der Waals surface area contributed by atoms with Crippen LogP contribution in [0.1, 0.15) is 32.4 Å². The zero-order chi connectivity index (χ0) is 19.1. The van der Waals surface area contributed by atoms with Crippen LogP contribution >= 0.6 is 0 Å². The first-order valence-electron chi connectivity index (χ1n) is 8.87. The van der Waals surface area contributed by atoms with Crippen LogP contribution in [0.3, 0.4) is 0 Å². The van der Waals surface area contributed by atoms with Gasteiger partial charge in [-0.3, -0.25) is 4.57 Å². The molecule has 2 aromatic carbocycles. The highest BCUT2D eigenvalue weighted by atomic mass is 19.1. The number of rotatable bonds is 3. The van der Waals surface area contributed by atoms with Crippen LogP contribution in [0.15, 0.2) is 59.8 Å². The average molecular weight is 365 g/mol. The smallest absolute Gasteiger partial charge is 0.338 e. The number of allylic oxidation sites excluding steroid dienone is 1. The summed E-state index contributed by atoms with van der Waals surface area (Å²) in [6.07, 6.45) is -0.278. The fourth-order valence-corrected chi connectivity index (χ4v) is 3.50. The number of halogens is 1. The Bertz CT molecular complexity index is 1070. The fraction of sp³-hybridized carbons (Fsp3) is 0.238. The summed E-state index contributed by atoms with van der Waals surface area (Å²) < 4.78 is 22.1. The number of anilines is 1. The van der Waals surface area contributed by atoms with Crippen molar-refractivity contribution in [3.63, 3.8) is 0 Å². The van der Waals surface area contributed by atoms with Gasteiger partial charge in [0.25, 0.3) is 0 Å². The molecule has 138 valence electrons. The van der Waals surface area contributed by atoms with Gasteiger partial charge in [0.15, 0.2) is 0 Å². The molecular formula is C21H20FN3O2. The number of ether oxygens (including phenoxy) is 1. The van der Waals surface area contributed by atoms with Gasteiger partial charge >= 0.3 is 5.97 Å². The molecule has 4 rings (SSSR count). The fourth-order valence-electron chi connectivity index (χ4n) is 3.50. The zero-order valence-corrected chi connectivity index (χ0v) is 15.4. The molecule has 6 heteroatoms. The molecule has 0 saturated carbocycles. The standard InChI is InChI=1S/C21H20FN3O2/c1-12(2)27-20(26)18-13(3)23-21-24-16-10-6-7-11-17(16)25(21)19(18)14-8-4-5-9-15(14)22/h4-12,19H,1-3H3,(H,23,24)/t19-/m1/s1. The number of aromatic nitrogens is 2. The minimum Gasteiger partial charge on any atom is -0.459 e. The molecule has 1 aromatic heterocycles. The second kappa shape index (κ2) is 6.54. The van der Waals surface area contributed by atoms with E-state index in [0.717, 1.165) is 11.0 Å². The first-order valence-corrected chi connectivity index (χ1v) is 8.87.